The molecule has 2 aromatic rings. The van der Waals surface area contributed by atoms with Gasteiger partial charge in [-0.15, -0.1) is 0 Å². The number of hydrogen-bond acceptors (Lipinski definition) is 6. The maximum atomic E-state index is 14.3. The molecule has 1 amide bonds. The lowest BCUT2D eigenvalue weighted by Gasteiger charge is -2.26. The van der Waals surface area contributed by atoms with Crippen molar-refractivity contribution in [2.24, 2.45) is 0 Å². The Morgan fingerprint density at radius 1 is 1.14 bits per heavy atom. The van der Waals surface area contributed by atoms with Gasteiger partial charge in [-0.3, -0.25) is 9.69 Å². The summed E-state index contributed by atoms with van der Waals surface area (Å²) < 4.78 is 24.3. The molecular weight excluding hydrogens is 475 g/mol. The highest BCUT2D eigenvalue weighted by Crippen LogP contribution is 2.12. The van der Waals surface area contributed by atoms with Crippen LogP contribution in [0.4, 0.5) is 4.39 Å². The van der Waals surface area contributed by atoms with Crippen LogP contribution in [0.25, 0.3) is 6.08 Å². The van der Waals surface area contributed by atoms with E-state index in [2.05, 4.69) is 26.8 Å². The molecule has 0 aliphatic carbocycles. The van der Waals surface area contributed by atoms with E-state index in [1.165, 1.54) is 37.8 Å². The van der Waals surface area contributed by atoms with Gasteiger partial charge < -0.3 is 19.9 Å². The first-order chi connectivity index (χ1) is 17.9. The second-order valence-corrected chi connectivity index (χ2v) is 8.16. The van der Waals surface area contributed by atoms with Crippen LogP contribution in [0, 0.1) is 11.8 Å². The predicted molar refractivity (Wildman–Crippen MR) is 141 cm³/mol. The lowest BCUT2D eigenvalue weighted by Crippen LogP contribution is -2.48. The van der Waals surface area contributed by atoms with E-state index in [-0.39, 0.29) is 5.56 Å². The number of methoxy groups -OCH3 is 1. The topological polar surface area (TPSA) is 88.1 Å². The Bertz CT molecular complexity index is 1100. The Morgan fingerprint density at radius 2 is 1.76 bits per heavy atom. The first-order valence-corrected chi connectivity index (χ1v) is 12.3. The van der Waals surface area contributed by atoms with Crippen molar-refractivity contribution < 1.29 is 28.6 Å². The highest BCUT2D eigenvalue weighted by atomic mass is 19.1. The van der Waals surface area contributed by atoms with Gasteiger partial charge >= 0.3 is 5.97 Å². The Hall–Kier alpha value is -3.51. The number of allylic oxidation sites excluding steroid dienone is 1. The van der Waals surface area contributed by atoms with E-state index in [0.717, 1.165) is 32.8 Å². The second-order valence-electron chi connectivity index (χ2n) is 8.16. The third-order valence-electron chi connectivity index (χ3n) is 5.48. The molecule has 8 heteroatoms. The van der Waals surface area contributed by atoms with Gasteiger partial charge in [-0.2, -0.15) is 4.39 Å². The number of aliphatic hydroxyl groups is 1. The summed E-state index contributed by atoms with van der Waals surface area (Å²) >= 11 is 0. The minimum atomic E-state index is -1.19. The maximum Gasteiger partial charge on any atom is 0.331 e. The summed E-state index contributed by atoms with van der Waals surface area (Å²) in [6.45, 7) is 9.56. The lowest BCUT2D eigenvalue weighted by molar-refractivity contribution is -0.145. The molecule has 1 saturated heterocycles. The predicted octanol–water partition coefficient (Wildman–Crippen LogP) is 3.56. The van der Waals surface area contributed by atoms with Gasteiger partial charge in [0.05, 0.1) is 26.4 Å². The lowest BCUT2D eigenvalue weighted by atomic mass is 10.1. The van der Waals surface area contributed by atoms with E-state index in [1.54, 1.807) is 12.1 Å². The molecule has 0 bridgehead atoms. The normalized spacial score (nSPS) is 15.2. The maximum absolute atomic E-state index is 14.3. The number of carbonyl (C=O) groups excluding carboxylic acids is 2. The number of hydrogen-bond donors (Lipinski definition) is 2. The number of nitrogens with zero attached hydrogens (tertiary/aromatic N) is 1. The molecule has 1 heterocycles. The van der Waals surface area contributed by atoms with Gasteiger partial charge in [0.2, 0.25) is 0 Å². The highest BCUT2D eigenvalue weighted by Gasteiger charge is 2.26. The molecule has 198 valence electrons. The number of carbonyl (C=O) groups is 2. The van der Waals surface area contributed by atoms with Gasteiger partial charge in [0.1, 0.15) is 0 Å². The van der Waals surface area contributed by atoms with Crippen molar-refractivity contribution >= 4 is 18.0 Å². The Labute approximate surface area is 218 Å². The number of nitrogens with one attached hydrogen (secondary N) is 1. The number of benzene rings is 2. The fourth-order valence-corrected chi connectivity index (χ4v) is 3.48. The number of morpholine rings is 1. The molecule has 0 spiro atoms. The molecular formula is C29H35FN2O5. The fourth-order valence-electron chi connectivity index (χ4n) is 3.48. The highest BCUT2D eigenvalue weighted by molar-refractivity contribution is 5.97. The van der Waals surface area contributed by atoms with Crippen LogP contribution >= 0.6 is 0 Å². The average molecular weight is 511 g/mol. The Balaban J connectivity index is 0.00000235. The summed E-state index contributed by atoms with van der Waals surface area (Å²) in [5.41, 5.74) is 2.66. The number of ether oxygens (including phenoxy) is 2. The van der Waals surface area contributed by atoms with E-state index in [0.29, 0.717) is 11.1 Å². The monoisotopic (exact) mass is 510 g/mol. The molecule has 0 radical (unpaired) electrons. The van der Waals surface area contributed by atoms with Crippen molar-refractivity contribution in [3.8, 4) is 11.8 Å². The van der Waals surface area contributed by atoms with Crippen LogP contribution in [0.15, 0.2) is 54.4 Å². The van der Waals surface area contributed by atoms with Gasteiger partial charge in [-0.25, -0.2) is 4.79 Å². The SMILES string of the molecule is CC.COC(=O)C(NC(=O)c1ccc(/C=C(\F)C#Cc2ccc(CN3CCOCC3)cc2)cc1)C(C)O. The van der Waals surface area contributed by atoms with Crippen LogP contribution in [0.5, 0.6) is 0 Å². The van der Waals surface area contributed by atoms with Gasteiger partial charge in [0.15, 0.2) is 11.9 Å². The second kappa shape index (κ2) is 15.6. The molecule has 2 atom stereocenters. The molecule has 1 aliphatic heterocycles. The summed E-state index contributed by atoms with van der Waals surface area (Å²) in [6.07, 6.45) is 0.149. The van der Waals surface area contributed by atoms with E-state index in [1.807, 2.05) is 38.1 Å². The third-order valence-corrected chi connectivity index (χ3v) is 5.48. The molecule has 3 rings (SSSR count). The summed E-state index contributed by atoms with van der Waals surface area (Å²) in [4.78, 5) is 26.4. The van der Waals surface area contributed by atoms with Crippen molar-refractivity contribution in [3.63, 3.8) is 0 Å². The molecule has 1 fully saturated rings. The minimum Gasteiger partial charge on any atom is -0.467 e. The first kappa shape index (κ1) is 29.7. The number of halogens is 1. The largest absolute Gasteiger partial charge is 0.467 e. The van der Waals surface area contributed by atoms with Crippen molar-refractivity contribution in [2.45, 2.75) is 39.5 Å². The molecule has 2 unspecified atom stereocenters. The van der Waals surface area contributed by atoms with Crippen LogP contribution in [-0.4, -0.2) is 67.4 Å². The summed E-state index contributed by atoms with van der Waals surface area (Å²) in [6, 6.07) is 12.7. The standard InChI is InChI=1S/C27H29FN2O5.C2H6/c1-19(31)25(27(33)34-2)29-26(32)23-10-7-21(8-11-23)17-24(28)12-9-20-3-5-22(6-4-20)18-30-13-15-35-16-14-30;1-2/h3-8,10-11,17,19,25,31H,13-16,18H2,1-2H3,(H,29,32);1-2H3/b24-17-;. The number of aliphatic hydroxyl groups excluding tert-OH is 1. The van der Waals surface area contributed by atoms with E-state index in [9.17, 15) is 19.1 Å². The summed E-state index contributed by atoms with van der Waals surface area (Å²) in [5, 5.41) is 12.1. The molecule has 37 heavy (non-hydrogen) atoms. The summed E-state index contributed by atoms with van der Waals surface area (Å²) in [7, 11) is 1.17. The van der Waals surface area contributed by atoms with E-state index < -0.39 is 29.8 Å². The molecule has 2 aromatic carbocycles. The van der Waals surface area contributed by atoms with Gasteiger partial charge in [0.25, 0.3) is 5.91 Å². The molecule has 1 aliphatic rings. The Kier molecular flexibility index (Phi) is 12.5. The minimum absolute atomic E-state index is 0.250. The summed E-state index contributed by atoms with van der Waals surface area (Å²) in [5.74, 6) is 3.39. The molecule has 2 N–H and O–H groups in total. The number of rotatable bonds is 7. The number of esters is 1. The fraction of sp³-hybridized carbons (Fsp3) is 0.379. The molecule has 0 saturated carbocycles. The van der Waals surface area contributed by atoms with Crippen LogP contribution in [0.1, 0.15) is 47.8 Å². The van der Waals surface area contributed by atoms with Gasteiger partial charge in [-0.1, -0.05) is 44.0 Å². The number of amides is 1. The average Bonchev–Trinajstić information content (AvgIpc) is 2.92. The van der Waals surface area contributed by atoms with Gasteiger partial charge in [0, 0.05) is 30.8 Å². The van der Waals surface area contributed by atoms with E-state index in [4.69, 9.17) is 4.74 Å². The zero-order valence-electron chi connectivity index (χ0n) is 21.8. The molecule has 0 aromatic heterocycles. The van der Waals surface area contributed by atoms with E-state index >= 15 is 0 Å². The molecule has 7 nitrogen and oxygen atoms in total. The van der Waals surface area contributed by atoms with Crippen molar-refractivity contribution in [3.05, 3.63) is 76.6 Å². The van der Waals surface area contributed by atoms with Crippen molar-refractivity contribution in [1.29, 1.82) is 0 Å². The van der Waals surface area contributed by atoms with Crippen LogP contribution in [-0.2, 0) is 20.8 Å². The quantitative estimate of drug-likeness (QED) is 0.438. The third kappa shape index (κ3) is 9.81. The van der Waals surface area contributed by atoms with Crippen molar-refractivity contribution in [2.75, 3.05) is 33.4 Å². The smallest absolute Gasteiger partial charge is 0.331 e. The zero-order valence-corrected chi connectivity index (χ0v) is 21.8. The zero-order chi connectivity index (χ0) is 27.2. The van der Waals surface area contributed by atoms with Crippen LogP contribution in [0.3, 0.4) is 0 Å². The van der Waals surface area contributed by atoms with Gasteiger partial charge in [-0.05, 0) is 54.3 Å². The van der Waals surface area contributed by atoms with Crippen LogP contribution < -0.4 is 5.32 Å². The Morgan fingerprint density at radius 3 is 2.32 bits per heavy atom. The first-order valence-electron chi connectivity index (χ1n) is 12.3. The van der Waals surface area contributed by atoms with Crippen LogP contribution in [0.2, 0.25) is 0 Å². The van der Waals surface area contributed by atoms with Crippen molar-refractivity contribution in [1.82, 2.24) is 10.2 Å².